The van der Waals surface area contributed by atoms with E-state index in [2.05, 4.69) is 45.1 Å². The molecule has 0 atom stereocenters. The molecule has 0 bridgehead atoms. The highest BCUT2D eigenvalue weighted by atomic mass is 15.3. The lowest BCUT2D eigenvalue weighted by Gasteiger charge is -2.05. The highest BCUT2D eigenvalue weighted by Crippen LogP contribution is 2.09. The van der Waals surface area contributed by atoms with Crippen molar-refractivity contribution < 1.29 is 0 Å². The Morgan fingerprint density at radius 1 is 1.06 bits per heavy atom. The maximum absolute atomic E-state index is 4.07. The highest BCUT2D eigenvalue weighted by Gasteiger charge is 1.99. The monoisotopic (exact) mass is 233 g/mol. The molecular formula is C12H19N5. The van der Waals surface area contributed by atoms with Crippen molar-refractivity contribution in [1.29, 1.82) is 0 Å². The molecule has 2 aromatic rings. The van der Waals surface area contributed by atoms with Crippen LogP contribution in [0.3, 0.4) is 0 Å². The molecule has 0 aliphatic heterocycles. The third-order valence-corrected chi connectivity index (χ3v) is 2.62. The summed E-state index contributed by atoms with van der Waals surface area (Å²) in [7, 11) is 0. The van der Waals surface area contributed by atoms with Crippen molar-refractivity contribution in [2.24, 2.45) is 0 Å². The highest BCUT2D eigenvalue weighted by molar-refractivity contribution is 5.74. The molecule has 2 rings (SSSR count). The minimum Gasteiger partial charge on any atom is -0.315 e. The summed E-state index contributed by atoms with van der Waals surface area (Å²) in [6.07, 6.45) is 1.18. The molecule has 5 heteroatoms. The number of nitrogens with zero attached hydrogens (tertiary/aromatic N) is 2. The average Bonchev–Trinajstić information content (AvgIpc) is 2.81. The molecule has 92 valence electrons. The molecule has 0 saturated heterocycles. The normalized spacial score (nSPS) is 11.1. The van der Waals surface area contributed by atoms with Crippen molar-refractivity contribution in [3.63, 3.8) is 0 Å². The van der Waals surface area contributed by atoms with Crippen LogP contribution in [0.4, 0.5) is 0 Å². The smallest absolute Gasteiger partial charge is 0.113 e. The van der Waals surface area contributed by atoms with Gasteiger partial charge in [0.25, 0.3) is 0 Å². The van der Waals surface area contributed by atoms with Gasteiger partial charge in [-0.15, -0.1) is 0 Å². The van der Waals surface area contributed by atoms with E-state index in [0.29, 0.717) is 0 Å². The summed E-state index contributed by atoms with van der Waals surface area (Å²) >= 11 is 0. The van der Waals surface area contributed by atoms with Crippen LogP contribution in [0.5, 0.6) is 0 Å². The van der Waals surface area contributed by atoms with Crippen molar-refractivity contribution in [2.45, 2.75) is 19.9 Å². The number of rotatable bonds is 7. The Kier molecular flexibility index (Phi) is 4.46. The topological polar surface area (TPSA) is 65.6 Å². The van der Waals surface area contributed by atoms with E-state index in [0.717, 1.165) is 37.2 Å². The first kappa shape index (κ1) is 12.0. The molecule has 0 spiro atoms. The summed E-state index contributed by atoms with van der Waals surface area (Å²) < 4.78 is 0. The van der Waals surface area contributed by atoms with Crippen molar-refractivity contribution in [3.05, 3.63) is 23.8 Å². The molecule has 0 aliphatic rings. The van der Waals surface area contributed by atoms with Crippen LogP contribution in [0.2, 0.25) is 0 Å². The van der Waals surface area contributed by atoms with E-state index in [1.165, 1.54) is 12.0 Å². The number of fused-ring (bicyclic) bond motifs is 1. The van der Waals surface area contributed by atoms with E-state index < -0.39 is 0 Å². The number of nitrogens with one attached hydrogen (secondary N) is 3. The molecule has 0 saturated carbocycles. The summed E-state index contributed by atoms with van der Waals surface area (Å²) in [4.78, 5) is 0. The van der Waals surface area contributed by atoms with Gasteiger partial charge < -0.3 is 10.6 Å². The van der Waals surface area contributed by atoms with Crippen LogP contribution in [-0.2, 0) is 6.54 Å². The van der Waals surface area contributed by atoms with E-state index in [4.69, 9.17) is 0 Å². The molecule has 0 amide bonds. The van der Waals surface area contributed by atoms with E-state index in [-0.39, 0.29) is 0 Å². The molecule has 5 nitrogen and oxygen atoms in total. The van der Waals surface area contributed by atoms with Gasteiger partial charge in [0.05, 0.1) is 0 Å². The van der Waals surface area contributed by atoms with Gasteiger partial charge in [-0.2, -0.15) is 15.4 Å². The molecule has 17 heavy (non-hydrogen) atoms. The maximum atomic E-state index is 4.07. The minimum absolute atomic E-state index is 0.872. The predicted molar refractivity (Wildman–Crippen MR) is 68.8 cm³/mol. The van der Waals surface area contributed by atoms with Gasteiger partial charge in [0.2, 0.25) is 0 Å². The standard InChI is InChI=1S/C12H19N5/c1-2-5-13-6-7-14-9-10-3-4-11-12(8-10)16-17-15-11/h3-4,8,13-14H,2,5-7,9H2,1H3,(H,15,16,17). The van der Waals surface area contributed by atoms with Crippen LogP contribution in [0.25, 0.3) is 11.0 Å². The number of H-pyrrole nitrogens is 1. The molecule has 0 unspecified atom stereocenters. The van der Waals surface area contributed by atoms with Crippen LogP contribution < -0.4 is 10.6 Å². The molecule has 3 N–H and O–H groups in total. The summed E-state index contributed by atoms with van der Waals surface area (Å²) in [6, 6.07) is 6.13. The summed E-state index contributed by atoms with van der Waals surface area (Å²) in [6.45, 7) is 6.13. The van der Waals surface area contributed by atoms with Gasteiger partial charge in [0.15, 0.2) is 0 Å². The van der Waals surface area contributed by atoms with Gasteiger partial charge >= 0.3 is 0 Å². The largest absolute Gasteiger partial charge is 0.315 e. The Morgan fingerprint density at radius 3 is 2.76 bits per heavy atom. The lowest BCUT2D eigenvalue weighted by Crippen LogP contribution is -2.27. The molecule has 1 aromatic heterocycles. The van der Waals surface area contributed by atoms with Crippen LogP contribution in [0.1, 0.15) is 18.9 Å². The Hall–Kier alpha value is -1.46. The van der Waals surface area contributed by atoms with Crippen LogP contribution in [0.15, 0.2) is 18.2 Å². The fourth-order valence-electron chi connectivity index (χ4n) is 1.71. The first-order chi connectivity index (χ1) is 8.40. The lowest BCUT2D eigenvalue weighted by molar-refractivity contribution is 0.607. The molecule has 0 fully saturated rings. The molecular weight excluding hydrogens is 214 g/mol. The molecule has 1 heterocycles. The lowest BCUT2D eigenvalue weighted by atomic mass is 10.2. The van der Waals surface area contributed by atoms with Crippen molar-refractivity contribution in [2.75, 3.05) is 19.6 Å². The third-order valence-electron chi connectivity index (χ3n) is 2.62. The molecule has 0 radical (unpaired) electrons. The van der Waals surface area contributed by atoms with Crippen LogP contribution >= 0.6 is 0 Å². The molecule has 1 aromatic carbocycles. The van der Waals surface area contributed by atoms with E-state index >= 15 is 0 Å². The SMILES string of the molecule is CCCNCCNCc1ccc2n[nH]nc2c1. The van der Waals surface area contributed by atoms with Gasteiger partial charge in [-0.05, 0) is 30.7 Å². The Labute approximate surface area is 101 Å². The second-order valence-electron chi connectivity index (χ2n) is 4.07. The number of hydrogen-bond donors (Lipinski definition) is 3. The fraction of sp³-hybridized carbons (Fsp3) is 0.500. The predicted octanol–water partition coefficient (Wildman–Crippen LogP) is 1.05. The summed E-state index contributed by atoms with van der Waals surface area (Å²) in [5.41, 5.74) is 3.08. The second kappa shape index (κ2) is 6.32. The van der Waals surface area contributed by atoms with Crippen molar-refractivity contribution in [3.8, 4) is 0 Å². The average molecular weight is 233 g/mol. The number of aromatic nitrogens is 3. The number of hydrogen-bond acceptors (Lipinski definition) is 4. The summed E-state index contributed by atoms with van der Waals surface area (Å²) in [5, 5.41) is 17.5. The number of benzene rings is 1. The first-order valence-corrected chi connectivity index (χ1v) is 6.11. The van der Waals surface area contributed by atoms with Gasteiger partial charge in [-0.1, -0.05) is 13.0 Å². The second-order valence-corrected chi connectivity index (χ2v) is 4.07. The Bertz CT molecular complexity index is 451. The van der Waals surface area contributed by atoms with Gasteiger partial charge in [0.1, 0.15) is 11.0 Å². The fourth-order valence-corrected chi connectivity index (χ4v) is 1.71. The Morgan fingerprint density at radius 2 is 1.88 bits per heavy atom. The zero-order valence-electron chi connectivity index (χ0n) is 10.2. The minimum atomic E-state index is 0.872. The van der Waals surface area contributed by atoms with E-state index in [9.17, 15) is 0 Å². The Balaban J connectivity index is 1.75. The third kappa shape index (κ3) is 3.51. The molecule has 0 aliphatic carbocycles. The van der Waals surface area contributed by atoms with Gasteiger partial charge in [-0.3, -0.25) is 0 Å². The number of aromatic amines is 1. The van der Waals surface area contributed by atoms with Gasteiger partial charge in [-0.25, -0.2) is 0 Å². The van der Waals surface area contributed by atoms with Gasteiger partial charge in [0, 0.05) is 19.6 Å². The zero-order chi connectivity index (χ0) is 11.9. The zero-order valence-corrected chi connectivity index (χ0v) is 10.2. The van der Waals surface area contributed by atoms with Crippen molar-refractivity contribution >= 4 is 11.0 Å². The van der Waals surface area contributed by atoms with Crippen molar-refractivity contribution in [1.82, 2.24) is 26.0 Å². The van der Waals surface area contributed by atoms with Crippen LogP contribution in [0, 0.1) is 0 Å². The quantitative estimate of drug-likeness (QED) is 0.625. The van der Waals surface area contributed by atoms with E-state index in [1.54, 1.807) is 0 Å². The van der Waals surface area contributed by atoms with E-state index in [1.807, 2.05) is 6.07 Å². The van der Waals surface area contributed by atoms with Crippen LogP contribution in [-0.4, -0.2) is 35.0 Å². The summed E-state index contributed by atoms with van der Waals surface area (Å²) in [5.74, 6) is 0. The maximum Gasteiger partial charge on any atom is 0.113 e. The first-order valence-electron chi connectivity index (χ1n) is 6.11.